The topological polar surface area (TPSA) is 41.7 Å². The number of carbonyl (C=O) groups is 1. The molecule has 1 N–H and O–H groups in total. The van der Waals surface area contributed by atoms with E-state index in [1.807, 2.05) is 9.78 Å². The maximum absolute atomic E-state index is 12.1. The Balaban J connectivity index is 1.88. The largest absolute Gasteiger partial charge is 0.351 e. The quantitative estimate of drug-likeness (QED) is 0.429. The van der Waals surface area contributed by atoms with Crippen LogP contribution in [-0.2, 0) is 17.6 Å². The molecule has 0 atom stereocenters. The zero-order valence-corrected chi connectivity index (χ0v) is 15.1. The van der Waals surface area contributed by atoms with Gasteiger partial charge in [0.2, 0.25) is 0 Å². The minimum absolute atomic E-state index is 0.215. The molecule has 0 saturated heterocycles. The number of aryl methyl sites for hydroxylation is 1. The lowest BCUT2D eigenvalue weighted by atomic mass is 10.0. The predicted octanol–water partition coefficient (Wildman–Crippen LogP) is 4.16. The number of rotatable bonds is 5. The third kappa shape index (κ3) is 3.43. The molecule has 0 spiro atoms. The van der Waals surface area contributed by atoms with E-state index < -0.39 is 4.65 Å². The van der Waals surface area contributed by atoms with E-state index in [9.17, 15) is 10.0 Å². The Morgan fingerprint density at radius 3 is 2.54 bits per heavy atom. The van der Waals surface area contributed by atoms with Gasteiger partial charge in [-0.05, 0) is 23.6 Å². The van der Waals surface area contributed by atoms with Crippen molar-refractivity contribution in [2.24, 2.45) is 0 Å². The van der Waals surface area contributed by atoms with Crippen LogP contribution < -0.4 is 0 Å². The van der Waals surface area contributed by atoms with Crippen LogP contribution in [0.2, 0.25) is 0 Å². The highest BCUT2D eigenvalue weighted by Crippen LogP contribution is 2.28. The second-order valence-corrected chi connectivity index (χ2v) is 7.47. The van der Waals surface area contributed by atoms with Crippen molar-refractivity contribution in [2.75, 3.05) is 14.1 Å². The van der Waals surface area contributed by atoms with Crippen molar-refractivity contribution in [3.8, 4) is 11.1 Å². The van der Waals surface area contributed by atoms with E-state index in [2.05, 4.69) is 43.5 Å². The molecule has 0 fully saturated rings. The average molecular weight is 343 g/mol. The van der Waals surface area contributed by atoms with Gasteiger partial charge < -0.3 is 4.40 Å². The summed E-state index contributed by atoms with van der Waals surface area (Å²) in [5, 5.41) is 11.8. The van der Waals surface area contributed by atoms with Gasteiger partial charge in [0, 0.05) is 22.8 Å². The van der Waals surface area contributed by atoms with Crippen molar-refractivity contribution >= 4 is 22.1 Å². The molecule has 24 heavy (non-hydrogen) atoms. The Morgan fingerprint density at radius 2 is 1.92 bits per heavy atom. The molecule has 0 unspecified atom stereocenters. The minimum atomic E-state index is -0.648. The molecule has 0 bridgehead atoms. The van der Waals surface area contributed by atoms with E-state index in [0.717, 1.165) is 28.9 Å². The normalized spacial score (nSPS) is 12.0. The number of thiazole rings is 1. The van der Waals surface area contributed by atoms with E-state index in [0.29, 0.717) is 0 Å². The number of hydroxylamine groups is 3. The summed E-state index contributed by atoms with van der Waals surface area (Å²) >= 11 is 1.62. The number of hydrogen-bond acceptors (Lipinski definition) is 3. The van der Waals surface area contributed by atoms with Gasteiger partial charge in [-0.2, -0.15) is 0 Å². The summed E-state index contributed by atoms with van der Waals surface area (Å²) in [6.45, 7) is 2.19. The van der Waals surface area contributed by atoms with Crippen molar-refractivity contribution in [1.29, 1.82) is 0 Å². The SMILES string of the molecule is CCCc1ccc(-c2cc3scc(CC(=O)[N+](C)(C)O)n3c2)cc1. The van der Waals surface area contributed by atoms with Crippen molar-refractivity contribution in [2.45, 2.75) is 26.2 Å². The van der Waals surface area contributed by atoms with E-state index in [1.54, 1.807) is 11.3 Å². The van der Waals surface area contributed by atoms with Crippen molar-refractivity contribution in [3.63, 3.8) is 0 Å². The molecule has 0 saturated carbocycles. The van der Waals surface area contributed by atoms with Crippen molar-refractivity contribution < 1.29 is 14.6 Å². The minimum Gasteiger partial charge on any atom is -0.310 e. The van der Waals surface area contributed by atoms with Gasteiger partial charge in [0.1, 0.15) is 20.5 Å². The second-order valence-electron chi connectivity index (χ2n) is 6.58. The smallest absolute Gasteiger partial charge is 0.310 e. The summed E-state index contributed by atoms with van der Waals surface area (Å²) in [6.07, 6.45) is 4.54. The van der Waals surface area contributed by atoms with Crippen LogP contribution >= 0.6 is 11.3 Å². The third-order valence-corrected chi connectivity index (χ3v) is 5.12. The lowest BCUT2D eigenvalue weighted by Crippen LogP contribution is -2.43. The molecule has 2 aromatic heterocycles. The number of quaternary nitrogens is 1. The molecule has 1 amide bonds. The Labute approximate surface area is 146 Å². The molecule has 3 rings (SSSR count). The zero-order valence-electron chi connectivity index (χ0n) is 14.3. The standard InChI is InChI=1S/C19H23N2O2S/c1-4-5-14-6-8-15(9-7-14)16-10-18-20(12-16)17(13-24-18)11-19(22)21(2,3)23/h6-10,12-13,23H,4-5,11H2,1-3H3/q+1. The van der Waals surface area contributed by atoms with Crippen LogP contribution in [0.5, 0.6) is 0 Å². The van der Waals surface area contributed by atoms with Crippen molar-refractivity contribution in [1.82, 2.24) is 4.40 Å². The Hall–Kier alpha value is -1.95. The number of benzene rings is 1. The maximum Gasteiger partial charge on any atom is 0.351 e. The number of fused-ring (bicyclic) bond motifs is 1. The monoisotopic (exact) mass is 343 g/mol. The molecule has 5 heteroatoms. The van der Waals surface area contributed by atoms with Gasteiger partial charge in [-0.3, -0.25) is 0 Å². The molecule has 0 aliphatic rings. The van der Waals surface area contributed by atoms with Gasteiger partial charge >= 0.3 is 5.91 Å². The fourth-order valence-corrected chi connectivity index (χ4v) is 3.66. The first-order valence-corrected chi connectivity index (χ1v) is 9.04. The fraction of sp³-hybridized carbons (Fsp3) is 0.316. The van der Waals surface area contributed by atoms with Crippen molar-refractivity contribution in [3.05, 3.63) is 53.2 Å². The highest BCUT2D eigenvalue weighted by Gasteiger charge is 2.25. The van der Waals surface area contributed by atoms with Crippen LogP contribution in [0, 0.1) is 0 Å². The zero-order chi connectivity index (χ0) is 17.3. The third-order valence-electron chi connectivity index (χ3n) is 4.18. The Bertz CT molecular complexity index is 854. The number of hydrogen-bond donors (Lipinski definition) is 1. The maximum atomic E-state index is 12.1. The first-order chi connectivity index (χ1) is 11.4. The van der Waals surface area contributed by atoms with Gasteiger partial charge in [-0.25, -0.2) is 10.0 Å². The van der Waals surface area contributed by atoms with Crippen LogP contribution in [0.4, 0.5) is 0 Å². The van der Waals surface area contributed by atoms with Gasteiger partial charge in [0.25, 0.3) is 0 Å². The molecule has 0 aliphatic heterocycles. The highest BCUT2D eigenvalue weighted by atomic mass is 32.1. The van der Waals surface area contributed by atoms with E-state index in [4.69, 9.17) is 0 Å². The molecule has 2 heterocycles. The molecular formula is C19H23N2O2S+. The molecule has 0 aliphatic carbocycles. The molecular weight excluding hydrogens is 320 g/mol. The number of carbonyl (C=O) groups excluding carboxylic acids is 1. The molecule has 1 aromatic carbocycles. The number of aromatic nitrogens is 1. The van der Waals surface area contributed by atoms with Crippen LogP contribution in [0.15, 0.2) is 41.9 Å². The molecule has 0 radical (unpaired) electrons. The van der Waals surface area contributed by atoms with Gasteiger partial charge in [-0.1, -0.05) is 37.6 Å². The lowest BCUT2D eigenvalue weighted by Gasteiger charge is -2.15. The van der Waals surface area contributed by atoms with E-state index in [1.165, 1.54) is 25.2 Å². The number of likely N-dealkylation sites (N-methyl/N-ethyl adjacent to an activating group) is 1. The molecule has 3 aromatic rings. The summed E-state index contributed by atoms with van der Waals surface area (Å²) in [4.78, 5) is 13.2. The van der Waals surface area contributed by atoms with E-state index >= 15 is 0 Å². The van der Waals surface area contributed by atoms with Gasteiger partial charge in [-0.15, -0.1) is 16.0 Å². The summed E-state index contributed by atoms with van der Waals surface area (Å²) in [5.41, 5.74) is 4.60. The van der Waals surface area contributed by atoms with Crippen LogP contribution in [0.25, 0.3) is 16.0 Å². The summed E-state index contributed by atoms with van der Waals surface area (Å²) in [7, 11) is 2.95. The molecule has 126 valence electrons. The number of amides is 1. The lowest BCUT2D eigenvalue weighted by molar-refractivity contribution is -1.01. The Morgan fingerprint density at radius 1 is 1.21 bits per heavy atom. The first kappa shape index (κ1) is 16.9. The predicted molar refractivity (Wildman–Crippen MR) is 97.3 cm³/mol. The van der Waals surface area contributed by atoms with Gasteiger partial charge in [0.05, 0.1) is 4.83 Å². The number of nitrogens with zero attached hydrogens (tertiary/aromatic N) is 2. The fourth-order valence-electron chi connectivity index (χ4n) is 2.73. The molecule has 4 nitrogen and oxygen atoms in total. The Kier molecular flexibility index (Phi) is 4.58. The van der Waals surface area contributed by atoms with E-state index in [-0.39, 0.29) is 12.3 Å². The van der Waals surface area contributed by atoms with Crippen LogP contribution in [-0.4, -0.2) is 34.3 Å². The first-order valence-electron chi connectivity index (χ1n) is 8.16. The average Bonchev–Trinajstić information content (AvgIpc) is 3.09. The van der Waals surface area contributed by atoms with Crippen LogP contribution in [0.3, 0.4) is 0 Å². The summed E-state index contributed by atoms with van der Waals surface area (Å²) < 4.78 is 1.40. The summed E-state index contributed by atoms with van der Waals surface area (Å²) in [6, 6.07) is 10.8. The second kappa shape index (κ2) is 6.51. The van der Waals surface area contributed by atoms with Gasteiger partial charge in [0.15, 0.2) is 0 Å². The highest BCUT2D eigenvalue weighted by molar-refractivity contribution is 7.15. The summed E-state index contributed by atoms with van der Waals surface area (Å²) in [5.74, 6) is -0.228. The van der Waals surface area contributed by atoms with Crippen LogP contribution in [0.1, 0.15) is 24.6 Å².